The Morgan fingerprint density at radius 3 is 2.42 bits per heavy atom. The molecule has 0 aliphatic heterocycles. The van der Waals surface area contributed by atoms with Gasteiger partial charge in [0.25, 0.3) is 5.91 Å². The SMILES string of the molecule is COc1cc(C(=O)OCC(=O)NCc2ccco2)cc(OC)c1Br. The van der Waals surface area contributed by atoms with E-state index in [0.29, 0.717) is 21.7 Å². The fourth-order valence-electron chi connectivity index (χ4n) is 1.85. The summed E-state index contributed by atoms with van der Waals surface area (Å²) >= 11 is 3.31. The highest BCUT2D eigenvalue weighted by atomic mass is 79.9. The minimum Gasteiger partial charge on any atom is -0.495 e. The van der Waals surface area contributed by atoms with Crippen molar-refractivity contribution in [2.45, 2.75) is 6.54 Å². The quantitative estimate of drug-likeness (QED) is 0.722. The highest BCUT2D eigenvalue weighted by molar-refractivity contribution is 9.10. The molecule has 0 bridgehead atoms. The second-order valence-corrected chi connectivity index (χ2v) is 5.42. The van der Waals surface area contributed by atoms with Crippen molar-refractivity contribution in [3.63, 3.8) is 0 Å². The summed E-state index contributed by atoms with van der Waals surface area (Å²) in [5.74, 6) is 0.354. The molecule has 0 aliphatic rings. The molecule has 0 aliphatic carbocycles. The minimum absolute atomic E-state index is 0.214. The Hall–Kier alpha value is -2.48. The van der Waals surface area contributed by atoms with Crippen LogP contribution in [-0.4, -0.2) is 32.7 Å². The molecular weight excluding hydrogens is 382 g/mol. The molecule has 1 heterocycles. The lowest BCUT2D eigenvalue weighted by atomic mass is 10.2. The molecule has 1 aromatic heterocycles. The van der Waals surface area contributed by atoms with Crippen LogP contribution in [0.15, 0.2) is 39.4 Å². The maximum Gasteiger partial charge on any atom is 0.338 e. The van der Waals surface area contributed by atoms with Gasteiger partial charge in [-0.2, -0.15) is 0 Å². The number of carbonyl (C=O) groups excluding carboxylic acids is 2. The van der Waals surface area contributed by atoms with Gasteiger partial charge in [-0.25, -0.2) is 4.79 Å². The second-order valence-electron chi connectivity index (χ2n) is 4.63. The number of methoxy groups -OCH3 is 2. The van der Waals surface area contributed by atoms with Gasteiger partial charge in [-0.05, 0) is 40.2 Å². The lowest BCUT2D eigenvalue weighted by Gasteiger charge is -2.11. The standard InChI is InChI=1S/C16H16BrNO6/c1-21-12-6-10(7-13(22-2)15(12)17)16(20)24-9-14(19)18-8-11-4-3-5-23-11/h3-7H,8-9H2,1-2H3,(H,18,19). The number of furan rings is 1. The number of esters is 1. The van der Waals surface area contributed by atoms with Gasteiger partial charge < -0.3 is 23.9 Å². The average Bonchev–Trinajstić information content (AvgIpc) is 3.11. The monoisotopic (exact) mass is 397 g/mol. The van der Waals surface area contributed by atoms with Gasteiger partial charge in [0.2, 0.25) is 0 Å². The first-order chi connectivity index (χ1) is 11.5. The number of benzene rings is 1. The van der Waals surface area contributed by atoms with Crippen molar-refractivity contribution in [1.29, 1.82) is 0 Å². The topological polar surface area (TPSA) is 87.0 Å². The molecule has 0 spiro atoms. The third-order valence-corrected chi connectivity index (χ3v) is 3.84. The van der Waals surface area contributed by atoms with Crippen LogP contribution in [0.2, 0.25) is 0 Å². The lowest BCUT2D eigenvalue weighted by molar-refractivity contribution is -0.124. The van der Waals surface area contributed by atoms with E-state index in [2.05, 4.69) is 21.2 Å². The Kier molecular flexibility index (Phi) is 6.25. The molecule has 0 fully saturated rings. The Morgan fingerprint density at radius 2 is 1.88 bits per heavy atom. The fraction of sp³-hybridized carbons (Fsp3) is 0.250. The third kappa shape index (κ3) is 4.51. The summed E-state index contributed by atoms with van der Waals surface area (Å²) in [7, 11) is 2.94. The van der Waals surface area contributed by atoms with Gasteiger partial charge in [0.1, 0.15) is 21.7 Å². The Labute approximate surface area is 147 Å². The smallest absolute Gasteiger partial charge is 0.338 e. The first-order valence-corrected chi connectivity index (χ1v) is 7.72. The number of hydrogen-bond acceptors (Lipinski definition) is 6. The predicted octanol–water partition coefficient (Wildman–Crippen LogP) is 2.53. The normalized spacial score (nSPS) is 10.1. The van der Waals surface area contributed by atoms with Crippen LogP contribution in [0.3, 0.4) is 0 Å². The molecule has 128 valence electrons. The van der Waals surface area contributed by atoms with Crippen molar-refractivity contribution in [1.82, 2.24) is 5.32 Å². The molecular formula is C16H16BrNO6. The van der Waals surface area contributed by atoms with E-state index in [1.54, 1.807) is 12.1 Å². The van der Waals surface area contributed by atoms with E-state index < -0.39 is 18.5 Å². The summed E-state index contributed by atoms with van der Waals surface area (Å²) < 4.78 is 21.0. The number of nitrogens with one attached hydrogen (secondary N) is 1. The molecule has 0 saturated heterocycles. The molecule has 1 amide bonds. The summed E-state index contributed by atoms with van der Waals surface area (Å²) in [6.45, 7) is -0.177. The van der Waals surface area contributed by atoms with E-state index in [-0.39, 0.29) is 12.1 Å². The average molecular weight is 398 g/mol. The molecule has 24 heavy (non-hydrogen) atoms. The molecule has 0 saturated carbocycles. The van der Waals surface area contributed by atoms with Crippen LogP contribution in [0, 0.1) is 0 Å². The van der Waals surface area contributed by atoms with Crippen LogP contribution >= 0.6 is 15.9 Å². The van der Waals surface area contributed by atoms with Gasteiger partial charge in [0.15, 0.2) is 6.61 Å². The molecule has 1 N–H and O–H groups in total. The van der Waals surface area contributed by atoms with Crippen LogP contribution in [0.1, 0.15) is 16.1 Å². The maximum atomic E-state index is 12.1. The summed E-state index contributed by atoms with van der Waals surface area (Å²) in [5, 5.41) is 2.58. The maximum absolute atomic E-state index is 12.1. The number of amides is 1. The number of hydrogen-bond donors (Lipinski definition) is 1. The van der Waals surface area contributed by atoms with E-state index in [1.807, 2.05) is 0 Å². The van der Waals surface area contributed by atoms with Crippen LogP contribution in [0.25, 0.3) is 0 Å². The second kappa shape index (κ2) is 8.39. The van der Waals surface area contributed by atoms with Crippen LogP contribution in [0.5, 0.6) is 11.5 Å². The zero-order chi connectivity index (χ0) is 17.5. The highest BCUT2D eigenvalue weighted by Gasteiger charge is 2.16. The highest BCUT2D eigenvalue weighted by Crippen LogP contribution is 2.35. The predicted molar refractivity (Wildman–Crippen MR) is 88.1 cm³/mol. The van der Waals surface area contributed by atoms with E-state index in [4.69, 9.17) is 18.6 Å². The first kappa shape index (κ1) is 17.9. The van der Waals surface area contributed by atoms with Gasteiger partial charge >= 0.3 is 5.97 Å². The number of rotatable bonds is 7. The van der Waals surface area contributed by atoms with Crippen molar-refractivity contribution in [3.8, 4) is 11.5 Å². The first-order valence-electron chi connectivity index (χ1n) is 6.93. The van der Waals surface area contributed by atoms with Crippen LogP contribution < -0.4 is 14.8 Å². The zero-order valence-electron chi connectivity index (χ0n) is 13.1. The summed E-state index contributed by atoms with van der Waals surface area (Å²) in [6, 6.07) is 6.44. The van der Waals surface area contributed by atoms with Crippen LogP contribution in [0.4, 0.5) is 0 Å². The van der Waals surface area contributed by atoms with Crippen molar-refractivity contribution in [3.05, 3.63) is 46.3 Å². The number of ether oxygens (including phenoxy) is 3. The van der Waals surface area contributed by atoms with Crippen molar-refractivity contribution in [2.75, 3.05) is 20.8 Å². The van der Waals surface area contributed by atoms with Gasteiger partial charge in [-0.3, -0.25) is 4.79 Å². The molecule has 0 unspecified atom stereocenters. The van der Waals surface area contributed by atoms with Gasteiger partial charge in [-0.1, -0.05) is 0 Å². The van der Waals surface area contributed by atoms with Gasteiger partial charge in [0, 0.05) is 0 Å². The molecule has 0 atom stereocenters. The summed E-state index contributed by atoms with van der Waals surface area (Å²) in [6.07, 6.45) is 1.51. The lowest BCUT2D eigenvalue weighted by Crippen LogP contribution is -2.28. The Morgan fingerprint density at radius 1 is 1.21 bits per heavy atom. The number of carbonyl (C=O) groups is 2. The minimum atomic E-state index is -0.660. The Bertz CT molecular complexity index is 688. The molecule has 2 rings (SSSR count). The van der Waals surface area contributed by atoms with Crippen molar-refractivity contribution >= 4 is 27.8 Å². The van der Waals surface area contributed by atoms with Gasteiger partial charge in [0.05, 0.1) is 32.6 Å². The molecule has 7 nitrogen and oxygen atoms in total. The van der Waals surface area contributed by atoms with Crippen molar-refractivity contribution in [2.24, 2.45) is 0 Å². The molecule has 8 heteroatoms. The Balaban J connectivity index is 1.93. The summed E-state index contributed by atoms with van der Waals surface area (Å²) in [5.41, 5.74) is 0.214. The van der Waals surface area contributed by atoms with E-state index in [0.717, 1.165) is 0 Å². The zero-order valence-corrected chi connectivity index (χ0v) is 14.7. The van der Waals surface area contributed by atoms with Crippen LogP contribution in [-0.2, 0) is 16.1 Å². The number of halogens is 1. The molecule has 0 radical (unpaired) electrons. The fourth-order valence-corrected chi connectivity index (χ4v) is 2.40. The van der Waals surface area contributed by atoms with E-state index in [9.17, 15) is 9.59 Å². The van der Waals surface area contributed by atoms with Crippen molar-refractivity contribution < 1.29 is 28.2 Å². The van der Waals surface area contributed by atoms with E-state index >= 15 is 0 Å². The summed E-state index contributed by atoms with van der Waals surface area (Å²) in [4.78, 5) is 23.8. The van der Waals surface area contributed by atoms with E-state index in [1.165, 1.54) is 32.6 Å². The largest absolute Gasteiger partial charge is 0.495 e. The molecule has 2 aromatic rings. The molecule has 1 aromatic carbocycles. The third-order valence-electron chi connectivity index (χ3n) is 3.06. The van der Waals surface area contributed by atoms with Gasteiger partial charge in [-0.15, -0.1) is 0 Å².